The minimum absolute atomic E-state index is 0.0497. The molecule has 0 aromatic heterocycles. The van der Waals surface area contributed by atoms with E-state index in [9.17, 15) is 4.79 Å². The first-order valence-electron chi connectivity index (χ1n) is 7.59. The molecule has 1 saturated heterocycles. The number of hydrogen-bond acceptors (Lipinski definition) is 3. The van der Waals surface area contributed by atoms with Crippen LogP contribution in [-0.4, -0.2) is 24.1 Å². The Morgan fingerprint density at radius 1 is 1.30 bits per heavy atom. The Balaban J connectivity index is 1.73. The van der Waals surface area contributed by atoms with E-state index in [-0.39, 0.29) is 17.5 Å². The van der Waals surface area contributed by atoms with Gasteiger partial charge in [-0.15, -0.1) is 0 Å². The van der Waals surface area contributed by atoms with Crippen LogP contribution in [0.4, 0.5) is 0 Å². The van der Waals surface area contributed by atoms with Crippen molar-refractivity contribution >= 4 is 5.78 Å². The zero-order chi connectivity index (χ0) is 14.0. The van der Waals surface area contributed by atoms with Crippen molar-refractivity contribution in [2.45, 2.75) is 57.2 Å². The Labute approximate surface area is 120 Å². The third-order valence-electron chi connectivity index (χ3n) is 4.52. The number of rotatable bonds is 3. The van der Waals surface area contributed by atoms with Gasteiger partial charge in [0.1, 0.15) is 11.9 Å². The topological polar surface area (TPSA) is 35.5 Å². The fraction of sp³-hybridized carbons (Fsp3) is 0.588. The molecule has 0 radical (unpaired) electrons. The van der Waals surface area contributed by atoms with Gasteiger partial charge in [0, 0.05) is 12.8 Å². The summed E-state index contributed by atoms with van der Waals surface area (Å²) in [4.78, 5) is 11.7. The SMILES string of the molecule is CC(=O)c1ccccc1OC1CCOC2(CCCC2)C1. The number of carbonyl (C=O) groups excluding carboxylic acids is 1. The molecule has 1 aromatic carbocycles. The Hall–Kier alpha value is -1.35. The van der Waals surface area contributed by atoms with E-state index >= 15 is 0 Å². The summed E-state index contributed by atoms with van der Waals surface area (Å²) < 4.78 is 12.2. The number of para-hydroxylation sites is 1. The van der Waals surface area contributed by atoms with E-state index in [1.165, 1.54) is 12.8 Å². The molecule has 3 nitrogen and oxygen atoms in total. The number of ether oxygens (including phenoxy) is 2. The van der Waals surface area contributed by atoms with Crippen LogP contribution in [0.5, 0.6) is 5.75 Å². The number of benzene rings is 1. The normalized spacial score (nSPS) is 24.8. The summed E-state index contributed by atoms with van der Waals surface area (Å²) in [6.45, 7) is 2.36. The van der Waals surface area contributed by atoms with Gasteiger partial charge in [-0.2, -0.15) is 0 Å². The maximum Gasteiger partial charge on any atom is 0.163 e. The Morgan fingerprint density at radius 3 is 2.80 bits per heavy atom. The van der Waals surface area contributed by atoms with E-state index in [1.54, 1.807) is 6.92 Å². The lowest BCUT2D eigenvalue weighted by molar-refractivity contribution is -0.108. The molecule has 108 valence electrons. The van der Waals surface area contributed by atoms with Crippen LogP contribution in [0.3, 0.4) is 0 Å². The summed E-state index contributed by atoms with van der Waals surface area (Å²) in [5.74, 6) is 0.781. The molecular formula is C17H22O3. The van der Waals surface area contributed by atoms with E-state index in [0.29, 0.717) is 5.56 Å². The van der Waals surface area contributed by atoms with Crippen molar-refractivity contribution in [3.05, 3.63) is 29.8 Å². The second-order valence-electron chi connectivity index (χ2n) is 6.02. The fourth-order valence-electron chi connectivity index (χ4n) is 3.49. The van der Waals surface area contributed by atoms with Gasteiger partial charge < -0.3 is 9.47 Å². The largest absolute Gasteiger partial charge is 0.489 e. The maximum absolute atomic E-state index is 11.7. The van der Waals surface area contributed by atoms with Gasteiger partial charge >= 0.3 is 0 Å². The lowest BCUT2D eigenvalue weighted by atomic mass is 9.90. The molecule has 2 aliphatic rings. The molecule has 1 aliphatic heterocycles. The predicted molar refractivity (Wildman–Crippen MR) is 77.2 cm³/mol. The third-order valence-corrected chi connectivity index (χ3v) is 4.52. The highest BCUT2D eigenvalue weighted by Crippen LogP contribution is 2.41. The van der Waals surface area contributed by atoms with Crippen LogP contribution in [0.1, 0.15) is 55.8 Å². The lowest BCUT2D eigenvalue weighted by Crippen LogP contribution is -2.41. The highest BCUT2D eigenvalue weighted by molar-refractivity contribution is 5.96. The van der Waals surface area contributed by atoms with Gasteiger partial charge in [-0.05, 0) is 31.9 Å². The molecule has 2 fully saturated rings. The molecule has 1 unspecified atom stereocenters. The summed E-state index contributed by atoms with van der Waals surface area (Å²) >= 11 is 0. The third kappa shape index (κ3) is 2.73. The summed E-state index contributed by atoms with van der Waals surface area (Å²) in [5, 5.41) is 0. The van der Waals surface area contributed by atoms with Crippen molar-refractivity contribution < 1.29 is 14.3 Å². The second kappa shape index (κ2) is 5.57. The molecule has 3 heteroatoms. The van der Waals surface area contributed by atoms with Crippen molar-refractivity contribution in [2.75, 3.05) is 6.61 Å². The van der Waals surface area contributed by atoms with E-state index in [2.05, 4.69) is 0 Å². The molecule has 20 heavy (non-hydrogen) atoms. The van der Waals surface area contributed by atoms with Gasteiger partial charge in [0.2, 0.25) is 0 Å². The highest BCUT2D eigenvalue weighted by atomic mass is 16.5. The van der Waals surface area contributed by atoms with Crippen molar-refractivity contribution in [1.82, 2.24) is 0 Å². The van der Waals surface area contributed by atoms with E-state index in [0.717, 1.165) is 38.0 Å². The molecule has 1 atom stereocenters. The maximum atomic E-state index is 11.7. The molecule has 0 amide bonds. The standard InChI is InChI=1S/C17H22O3/c1-13(18)15-6-2-3-7-16(15)20-14-8-11-19-17(12-14)9-4-5-10-17/h2-3,6-7,14H,4-5,8-12H2,1H3. The molecule has 3 rings (SSSR count). The first-order chi connectivity index (χ1) is 9.69. The lowest BCUT2D eigenvalue weighted by Gasteiger charge is -2.38. The average molecular weight is 274 g/mol. The summed E-state index contributed by atoms with van der Waals surface area (Å²) in [5.41, 5.74) is 0.730. The van der Waals surface area contributed by atoms with Gasteiger partial charge in [0.25, 0.3) is 0 Å². The highest BCUT2D eigenvalue weighted by Gasteiger charge is 2.40. The summed E-state index contributed by atoms with van der Waals surface area (Å²) in [6, 6.07) is 7.54. The number of Topliss-reactive ketones (excluding diaryl/α,β-unsaturated/α-hetero) is 1. The minimum atomic E-state index is 0.0497. The second-order valence-corrected chi connectivity index (χ2v) is 6.02. The Kier molecular flexibility index (Phi) is 3.79. The Bertz CT molecular complexity index is 489. The first kappa shape index (κ1) is 13.6. The molecule has 0 N–H and O–H groups in total. The zero-order valence-electron chi connectivity index (χ0n) is 12.1. The average Bonchev–Trinajstić information content (AvgIpc) is 2.87. The molecule has 1 aliphatic carbocycles. The van der Waals surface area contributed by atoms with Crippen LogP contribution in [-0.2, 0) is 4.74 Å². The molecule has 1 spiro atoms. The smallest absolute Gasteiger partial charge is 0.163 e. The zero-order valence-corrected chi connectivity index (χ0v) is 12.1. The first-order valence-corrected chi connectivity index (χ1v) is 7.59. The van der Waals surface area contributed by atoms with E-state index < -0.39 is 0 Å². The van der Waals surface area contributed by atoms with Crippen LogP contribution in [0.25, 0.3) is 0 Å². The van der Waals surface area contributed by atoms with Crippen LogP contribution in [0.2, 0.25) is 0 Å². The van der Waals surface area contributed by atoms with Gasteiger partial charge in [-0.3, -0.25) is 4.79 Å². The molecule has 1 heterocycles. The fourth-order valence-corrected chi connectivity index (χ4v) is 3.49. The molecule has 1 aromatic rings. The van der Waals surface area contributed by atoms with Crippen LogP contribution in [0.15, 0.2) is 24.3 Å². The van der Waals surface area contributed by atoms with Crippen molar-refractivity contribution in [1.29, 1.82) is 0 Å². The molecule has 0 bridgehead atoms. The minimum Gasteiger partial charge on any atom is -0.489 e. The van der Waals surface area contributed by atoms with E-state index in [1.807, 2.05) is 24.3 Å². The van der Waals surface area contributed by atoms with Gasteiger partial charge in [-0.25, -0.2) is 0 Å². The number of hydrogen-bond donors (Lipinski definition) is 0. The van der Waals surface area contributed by atoms with Crippen LogP contribution in [0, 0.1) is 0 Å². The van der Waals surface area contributed by atoms with Gasteiger partial charge in [0.15, 0.2) is 5.78 Å². The van der Waals surface area contributed by atoms with Gasteiger partial charge in [0.05, 0.1) is 17.8 Å². The van der Waals surface area contributed by atoms with Crippen molar-refractivity contribution in [3.8, 4) is 5.75 Å². The quantitative estimate of drug-likeness (QED) is 0.787. The summed E-state index contributed by atoms with van der Waals surface area (Å²) in [7, 11) is 0. The van der Waals surface area contributed by atoms with Crippen LogP contribution < -0.4 is 4.74 Å². The van der Waals surface area contributed by atoms with Crippen LogP contribution >= 0.6 is 0 Å². The van der Waals surface area contributed by atoms with Crippen molar-refractivity contribution in [2.24, 2.45) is 0 Å². The number of ketones is 1. The molecular weight excluding hydrogens is 252 g/mol. The Morgan fingerprint density at radius 2 is 2.05 bits per heavy atom. The van der Waals surface area contributed by atoms with E-state index in [4.69, 9.17) is 9.47 Å². The number of carbonyl (C=O) groups is 1. The predicted octanol–water partition coefficient (Wildman–Crippen LogP) is 3.76. The molecule has 1 saturated carbocycles. The monoisotopic (exact) mass is 274 g/mol. The van der Waals surface area contributed by atoms with Gasteiger partial charge in [-0.1, -0.05) is 25.0 Å². The summed E-state index contributed by atoms with van der Waals surface area (Å²) in [6.07, 6.45) is 6.87. The van der Waals surface area contributed by atoms with Crippen molar-refractivity contribution in [3.63, 3.8) is 0 Å².